The summed E-state index contributed by atoms with van der Waals surface area (Å²) in [5.41, 5.74) is 3.71. The molecule has 1 aliphatic heterocycles. The molecule has 8 heteroatoms. The largest absolute Gasteiger partial charge is 0.497 e. The maximum absolute atomic E-state index is 13.5. The van der Waals surface area contributed by atoms with Gasteiger partial charge in [0.2, 0.25) is 5.89 Å². The van der Waals surface area contributed by atoms with Gasteiger partial charge in [0, 0.05) is 12.0 Å². The summed E-state index contributed by atoms with van der Waals surface area (Å²) in [4.78, 5) is 13.5. The molecule has 1 aromatic heterocycles. The van der Waals surface area contributed by atoms with E-state index < -0.39 is 0 Å². The molecule has 0 N–H and O–H groups in total. The van der Waals surface area contributed by atoms with Gasteiger partial charge in [-0.05, 0) is 52.2 Å². The number of fused-ring (bicyclic) bond motifs is 1. The van der Waals surface area contributed by atoms with Gasteiger partial charge in [-0.25, -0.2) is 5.01 Å². The van der Waals surface area contributed by atoms with Crippen LogP contribution in [0.5, 0.6) is 5.75 Å². The van der Waals surface area contributed by atoms with Crippen molar-refractivity contribution in [1.29, 1.82) is 0 Å². The fourth-order valence-electron chi connectivity index (χ4n) is 4.52. The molecule has 0 saturated carbocycles. The van der Waals surface area contributed by atoms with E-state index in [1.54, 1.807) is 12.1 Å². The zero-order valence-corrected chi connectivity index (χ0v) is 21.5. The van der Waals surface area contributed by atoms with E-state index in [0.29, 0.717) is 17.5 Å². The molecule has 0 aliphatic carbocycles. The van der Waals surface area contributed by atoms with Gasteiger partial charge in [-0.1, -0.05) is 78.5 Å². The first-order chi connectivity index (χ1) is 18.7. The third-order valence-corrected chi connectivity index (χ3v) is 7.30. The molecule has 0 spiro atoms. The summed E-state index contributed by atoms with van der Waals surface area (Å²) in [6.07, 6.45) is 0.611. The van der Waals surface area contributed by atoms with Crippen molar-refractivity contribution < 1.29 is 13.9 Å². The average molecular weight is 521 g/mol. The molecule has 7 nitrogen and oxygen atoms in total. The number of thioether (sulfide) groups is 1. The summed E-state index contributed by atoms with van der Waals surface area (Å²) in [5, 5.41) is 17.3. The number of hydrogen-bond donors (Lipinski definition) is 0. The van der Waals surface area contributed by atoms with E-state index in [4.69, 9.17) is 14.3 Å². The SMILES string of the molecule is COc1ccc(C2CC(c3ccc4ccccc4c3)=NN2C(=O)CSc2nnc(-c3ccccc3)o2)cc1. The molecule has 1 amide bonds. The van der Waals surface area contributed by atoms with Crippen LogP contribution in [0.2, 0.25) is 0 Å². The highest BCUT2D eigenvalue weighted by Gasteiger charge is 2.33. The number of ether oxygens (including phenoxy) is 1. The maximum atomic E-state index is 13.5. The van der Waals surface area contributed by atoms with Crippen LogP contribution >= 0.6 is 11.8 Å². The summed E-state index contributed by atoms with van der Waals surface area (Å²) in [7, 11) is 1.64. The van der Waals surface area contributed by atoms with E-state index >= 15 is 0 Å². The Kier molecular flexibility index (Phi) is 6.62. The van der Waals surface area contributed by atoms with Crippen molar-refractivity contribution in [1.82, 2.24) is 15.2 Å². The molecule has 0 radical (unpaired) electrons. The number of carbonyl (C=O) groups is 1. The van der Waals surface area contributed by atoms with Gasteiger partial charge in [-0.2, -0.15) is 5.10 Å². The molecule has 0 bridgehead atoms. The second kappa shape index (κ2) is 10.5. The van der Waals surface area contributed by atoms with Gasteiger partial charge in [0.05, 0.1) is 24.6 Å². The van der Waals surface area contributed by atoms with Crippen LogP contribution in [0.1, 0.15) is 23.6 Å². The number of aromatic nitrogens is 2. The highest BCUT2D eigenvalue weighted by Crippen LogP contribution is 2.35. The Hall–Kier alpha value is -4.43. The van der Waals surface area contributed by atoms with Crippen LogP contribution in [-0.2, 0) is 4.79 Å². The molecule has 2 heterocycles. The van der Waals surface area contributed by atoms with Gasteiger partial charge in [0.25, 0.3) is 11.1 Å². The van der Waals surface area contributed by atoms with E-state index in [1.807, 2.05) is 66.7 Å². The third-order valence-electron chi connectivity index (χ3n) is 6.50. The van der Waals surface area contributed by atoms with Crippen LogP contribution < -0.4 is 4.74 Å². The molecule has 0 fully saturated rings. The molecular weight excluding hydrogens is 496 g/mol. The van der Waals surface area contributed by atoms with Crippen molar-refractivity contribution in [2.45, 2.75) is 17.7 Å². The smallest absolute Gasteiger partial charge is 0.277 e. The van der Waals surface area contributed by atoms with Gasteiger partial charge < -0.3 is 9.15 Å². The fourth-order valence-corrected chi connectivity index (χ4v) is 5.14. The zero-order chi connectivity index (χ0) is 25.9. The number of rotatable bonds is 7. The first kappa shape index (κ1) is 23.9. The van der Waals surface area contributed by atoms with Crippen LogP contribution in [0, 0.1) is 0 Å². The Bertz CT molecular complexity index is 1620. The van der Waals surface area contributed by atoms with Gasteiger partial charge in [0.1, 0.15) is 5.75 Å². The van der Waals surface area contributed by atoms with Crippen LogP contribution in [-0.4, -0.2) is 39.7 Å². The van der Waals surface area contributed by atoms with E-state index in [0.717, 1.165) is 33.5 Å². The van der Waals surface area contributed by atoms with Crippen molar-refractivity contribution in [3.8, 4) is 17.2 Å². The van der Waals surface area contributed by atoms with E-state index in [2.05, 4.69) is 40.5 Å². The Balaban J connectivity index is 1.25. The molecule has 188 valence electrons. The minimum Gasteiger partial charge on any atom is -0.497 e. The summed E-state index contributed by atoms with van der Waals surface area (Å²) in [6, 6.07) is 31.6. The zero-order valence-electron chi connectivity index (χ0n) is 20.7. The Morgan fingerprint density at radius 3 is 2.47 bits per heavy atom. The number of nitrogens with zero attached hydrogens (tertiary/aromatic N) is 4. The Morgan fingerprint density at radius 2 is 1.68 bits per heavy atom. The maximum Gasteiger partial charge on any atom is 0.277 e. The lowest BCUT2D eigenvalue weighted by Crippen LogP contribution is -2.28. The van der Waals surface area contributed by atoms with Crippen molar-refractivity contribution in [3.63, 3.8) is 0 Å². The van der Waals surface area contributed by atoms with E-state index in [9.17, 15) is 4.79 Å². The quantitative estimate of drug-likeness (QED) is 0.232. The number of methoxy groups -OCH3 is 1. The normalized spacial score (nSPS) is 15.0. The van der Waals surface area contributed by atoms with Crippen LogP contribution in [0.3, 0.4) is 0 Å². The Labute approximate surface area is 224 Å². The summed E-state index contributed by atoms with van der Waals surface area (Å²) in [5.74, 6) is 1.18. The highest BCUT2D eigenvalue weighted by molar-refractivity contribution is 7.99. The molecule has 1 aliphatic rings. The first-order valence-electron chi connectivity index (χ1n) is 12.2. The van der Waals surface area contributed by atoms with Crippen molar-refractivity contribution in [2.24, 2.45) is 5.10 Å². The second-order valence-corrected chi connectivity index (χ2v) is 9.79. The van der Waals surface area contributed by atoms with Crippen LogP contribution in [0.4, 0.5) is 0 Å². The van der Waals surface area contributed by atoms with Crippen molar-refractivity contribution >= 4 is 34.2 Å². The minimum absolute atomic E-state index is 0.123. The highest BCUT2D eigenvalue weighted by atomic mass is 32.2. The van der Waals surface area contributed by atoms with E-state index in [1.165, 1.54) is 17.1 Å². The molecule has 38 heavy (non-hydrogen) atoms. The molecule has 1 unspecified atom stereocenters. The number of amides is 1. The minimum atomic E-state index is -0.224. The number of hydrogen-bond acceptors (Lipinski definition) is 7. The predicted octanol–water partition coefficient (Wildman–Crippen LogP) is 6.37. The lowest BCUT2D eigenvalue weighted by molar-refractivity contribution is -0.130. The molecular formula is C30H24N4O3S. The van der Waals surface area contributed by atoms with Gasteiger partial charge in [-0.3, -0.25) is 4.79 Å². The van der Waals surface area contributed by atoms with Crippen LogP contribution in [0.25, 0.3) is 22.2 Å². The lowest BCUT2D eigenvalue weighted by atomic mass is 9.97. The van der Waals surface area contributed by atoms with Crippen molar-refractivity contribution in [3.05, 3.63) is 108 Å². The van der Waals surface area contributed by atoms with Gasteiger partial charge in [0.15, 0.2) is 0 Å². The second-order valence-electron chi connectivity index (χ2n) is 8.87. The Morgan fingerprint density at radius 1 is 0.921 bits per heavy atom. The summed E-state index contributed by atoms with van der Waals surface area (Å²) < 4.78 is 11.1. The first-order valence-corrected chi connectivity index (χ1v) is 13.2. The monoisotopic (exact) mass is 520 g/mol. The standard InChI is InChI=1S/C30H24N4O3S/c1-36-25-15-13-21(14-16-25)27-18-26(24-12-11-20-7-5-6-10-23(20)17-24)33-34(27)28(35)19-38-30-32-31-29(37-30)22-8-3-2-4-9-22/h2-17,27H,18-19H2,1H3. The number of carbonyl (C=O) groups excluding carboxylic acids is 1. The number of benzene rings is 4. The predicted molar refractivity (Wildman–Crippen MR) is 148 cm³/mol. The summed E-state index contributed by atoms with van der Waals surface area (Å²) in [6.45, 7) is 0. The van der Waals surface area contributed by atoms with Gasteiger partial charge >= 0.3 is 0 Å². The summed E-state index contributed by atoms with van der Waals surface area (Å²) >= 11 is 1.21. The van der Waals surface area contributed by atoms with Crippen LogP contribution in [0.15, 0.2) is 112 Å². The molecule has 6 rings (SSSR count). The fraction of sp³-hybridized carbons (Fsp3) is 0.133. The van der Waals surface area contributed by atoms with Crippen molar-refractivity contribution in [2.75, 3.05) is 12.9 Å². The van der Waals surface area contributed by atoms with E-state index in [-0.39, 0.29) is 17.7 Å². The molecule has 4 aromatic carbocycles. The lowest BCUT2D eigenvalue weighted by Gasteiger charge is -2.22. The molecule has 5 aromatic rings. The number of hydrazone groups is 1. The topological polar surface area (TPSA) is 80.8 Å². The third kappa shape index (κ3) is 4.90. The molecule has 0 saturated heterocycles. The van der Waals surface area contributed by atoms with Gasteiger partial charge in [-0.15, -0.1) is 10.2 Å². The molecule has 1 atom stereocenters. The average Bonchev–Trinajstić information content (AvgIpc) is 3.64.